The molecule has 6 heteroatoms. The van der Waals surface area contributed by atoms with Crippen LogP contribution in [0.5, 0.6) is 0 Å². The summed E-state index contributed by atoms with van der Waals surface area (Å²) in [7, 11) is 0. The first-order valence-electron chi connectivity index (χ1n) is 13.1. The Balaban J connectivity index is 0.000000428. The van der Waals surface area contributed by atoms with Crippen LogP contribution in [0.2, 0.25) is 0 Å². The van der Waals surface area contributed by atoms with E-state index in [1.54, 1.807) is 0 Å². The van der Waals surface area contributed by atoms with Crippen LogP contribution in [0.4, 0.5) is 8.78 Å². The first kappa shape index (κ1) is 30.6. The van der Waals surface area contributed by atoms with Crippen molar-refractivity contribution in [3.63, 3.8) is 0 Å². The number of hydrogen-bond acceptors (Lipinski definition) is 3. The smallest absolute Gasteiger partial charge is 0.253 e. The van der Waals surface area contributed by atoms with Gasteiger partial charge in [0, 0.05) is 25.7 Å². The molecule has 0 spiro atoms. The van der Waals surface area contributed by atoms with Gasteiger partial charge in [-0.15, -0.1) is 0 Å². The van der Waals surface area contributed by atoms with E-state index < -0.39 is 17.7 Å². The Morgan fingerprint density at radius 2 is 1.61 bits per heavy atom. The van der Waals surface area contributed by atoms with E-state index in [9.17, 15) is 18.7 Å². The monoisotopic (exact) mass is 520 g/mol. The minimum atomic E-state index is -1.16. The molecule has 202 valence electrons. The predicted molar refractivity (Wildman–Crippen MR) is 151 cm³/mol. The summed E-state index contributed by atoms with van der Waals surface area (Å²) in [6.45, 7) is 8.02. The largest absolute Gasteiger partial charge is 0.378 e. The lowest BCUT2D eigenvalue weighted by molar-refractivity contribution is -0.127. The normalized spacial score (nSPS) is 14.2. The van der Waals surface area contributed by atoms with Gasteiger partial charge >= 0.3 is 0 Å². The van der Waals surface area contributed by atoms with Crippen molar-refractivity contribution < 1.29 is 18.7 Å². The predicted octanol–water partition coefficient (Wildman–Crippen LogP) is 6.12. The van der Waals surface area contributed by atoms with Gasteiger partial charge in [-0.05, 0) is 52.8 Å². The molecular formula is C32H38F2N2O2. The molecule has 2 aliphatic carbocycles. The van der Waals surface area contributed by atoms with Gasteiger partial charge < -0.3 is 15.7 Å². The lowest BCUT2D eigenvalue weighted by Gasteiger charge is -2.17. The number of amides is 1. The zero-order chi connectivity index (χ0) is 27.8. The second-order valence-corrected chi connectivity index (χ2v) is 8.46. The van der Waals surface area contributed by atoms with Gasteiger partial charge in [-0.2, -0.15) is 0 Å². The summed E-state index contributed by atoms with van der Waals surface area (Å²) in [5.41, 5.74) is 5.35. The molecule has 0 saturated carbocycles. The number of carbonyl (C=O) groups excluding carboxylic acids is 1. The summed E-state index contributed by atoms with van der Waals surface area (Å²) >= 11 is 0. The Kier molecular flexibility index (Phi) is 13.7. The molecule has 2 aromatic carbocycles. The van der Waals surface area contributed by atoms with Crippen LogP contribution in [0, 0.1) is 11.6 Å². The first-order chi connectivity index (χ1) is 18.5. The topological polar surface area (TPSA) is 61.4 Å². The zero-order valence-corrected chi connectivity index (χ0v) is 22.4. The molecule has 2 aromatic rings. The molecule has 3 N–H and O–H groups in total. The average Bonchev–Trinajstić information content (AvgIpc) is 3.29. The van der Waals surface area contributed by atoms with Crippen molar-refractivity contribution in [2.45, 2.75) is 46.3 Å². The number of rotatable bonds is 8. The molecule has 1 unspecified atom stereocenters. The number of carbonyl (C=O) groups is 1. The third kappa shape index (κ3) is 10.4. The minimum Gasteiger partial charge on any atom is -0.378 e. The van der Waals surface area contributed by atoms with Crippen molar-refractivity contribution in [3.05, 3.63) is 131 Å². The number of benzene rings is 2. The molecule has 1 amide bonds. The number of hydrogen-bond donors (Lipinski definition) is 3. The van der Waals surface area contributed by atoms with Crippen molar-refractivity contribution in [2.75, 3.05) is 13.1 Å². The molecule has 2 aliphatic rings. The van der Waals surface area contributed by atoms with E-state index in [4.69, 9.17) is 0 Å². The highest BCUT2D eigenvalue weighted by atomic mass is 19.1. The van der Waals surface area contributed by atoms with Crippen LogP contribution in [-0.4, -0.2) is 30.2 Å². The molecule has 0 fully saturated rings. The number of aliphatic hydroxyl groups excluding tert-OH is 1. The molecule has 0 radical (unpaired) electrons. The molecule has 4 rings (SSSR count). The van der Waals surface area contributed by atoms with Crippen molar-refractivity contribution in [2.24, 2.45) is 0 Å². The lowest BCUT2D eigenvalue weighted by Crippen LogP contribution is -2.39. The van der Waals surface area contributed by atoms with E-state index in [1.807, 2.05) is 56.4 Å². The van der Waals surface area contributed by atoms with Crippen molar-refractivity contribution in [1.29, 1.82) is 0 Å². The number of aryl methyl sites for hydroxylation is 1. The molecule has 4 nitrogen and oxygen atoms in total. The number of allylic oxidation sites excluding steroid dienone is 8. The Labute approximate surface area is 225 Å². The Morgan fingerprint density at radius 3 is 2.29 bits per heavy atom. The van der Waals surface area contributed by atoms with Crippen molar-refractivity contribution in [1.82, 2.24) is 10.6 Å². The molecule has 0 saturated heterocycles. The minimum absolute atomic E-state index is 0.365. The molecule has 1 atom stereocenters. The third-order valence-electron chi connectivity index (χ3n) is 5.73. The van der Waals surface area contributed by atoms with Crippen molar-refractivity contribution in [3.8, 4) is 0 Å². The lowest BCUT2D eigenvalue weighted by atomic mass is 9.95. The maximum atomic E-state index is 12.4. The highest BCUT2D eigenvalue weighted by Crippen LogP contribution is 2.27. The van der Waals surface area contributed by atoms with E-state index in [1.165, 1.54) is 29.3 Å². The van der Waals surface area contributed by atoms with Crippen LogP contribution >= 0.6 is 0 Å². The van der Waals surface area contributed by atoms with Gasteiger partial charge in [0.15, 0.2) is 6.10 Å². The van der Waals surface area contributed by atoms with Gasteiger partial charge in [0.1, 0.15) is 11.6 Å². The summed E-state index contributed by atoms with van der Waals surface area (Å²) in [5, 5.41) is 16.7. The standard InChI is InChI=1S/C24H28N2O2.C6H4F2.C2H6/c1-2-18-8-5-10-20(15-18)17-25-13-14-26-24(28)23(27)22-12-6-9-19-7-3-4-11-21(22)16-19;7-5-2-1-3-6(8)4-5;1-2/h3-12,15,23,25,27H,2,13-14,16-17H2,1H3,(H,26,28);1-4H;1-2H3. The highest BCUT2D eigenvalue weighted by Gasteiger charge is 2.23. The third-order valence-corrected chi connectivity index (χ3v) is 5.73. The number of halogens is 2. The summed E-state index contributed by atoms with van der Waals surface area (Å²) in [6, 6.07) is 13.0. The van der Waals surface area contributed by atoms with Crippen LogP contribution in [0.1, 0.15) is 38.3 Å². The fourth-order valence-corrected chi connectivity index (χ4v) is 3.81. The average molecular weight is 521 g/mol. The fourth-order valence-electron chi connectivity index (χ4n) is 3.81. The van der Waals surface area contributed by atoms with Crippen molar-refractivity contribution >= 4 is 5.91 Å². The van der Waals surface area contributed by atoms with Gasteiger partial charge in [-0.3, -0.25) is 4.79 Å². The second-order valence-electron chi connectivity index (χ2n) is 8.46. The van der Waals surface area contributed by atoms with E-state index in [2.05, 4.69) is 41.8 Å². The van der Waals surface area contributed by atoms with E-state index in [0.29, 0.717) is 18.7 Å². The summed E-state index contributed by atoms with van der Waals surface area (Å²) < 4.78 is 23.9. The Bertz CT molecular complexity index is 1180. The second kappa shape index (κ2) is 17.0. The SMILES string of the molecule is CC.CCc1cccc(CNCCNC(=O)C(O)C2=CC=CC3=CC=CC=C2C3)c1.Fc1cccc(F)c1. The maximum Gasteiger partial charge on any atom is 0.253 e. The Morgan fingerprint density at radius 1 is 0.921 bits per heavy atom. The van der Waals surface area contributed by atoms with E-state index in [0.717, 1.165) is 36.6 Å². The number of fused-ring (bicyclic) bond motifs is 2. The number of aliphatic hydroxyl groups is 1. The molecular weight excluding hydrogens is 482 g/mol. The Hall–Kier alpha value is -3.61. The molecule has 38 heavy (non-hydrogen) atoms. The summed E-state index contributed by atoms with van der Waals surface area (Å²) in [6.07, 6.45) is 14.2. The molecule has 0 aromatic heterocycles. The maximum absolute atomic E-state index is 12.4. The highest BCUT2D eigenvalue weighted by molar-refractivity contribution is 5.85. The van der Waals surface area contributed by atoms with Crippen LogP contribution in [0.3, 0.4) is 0 Å². The molecule has 0 heterocycles. The van der Waals surface area contributed by atoms with Gasteiger partial charge in [0.25, 0.3) is 5.91 Å². The first-order valence-corrected chi connectivity index (χ1v) is 13.1. The molecule has 0 aliphatic heterocycles. The van der Waals surface area contributed by atoms with Gasteiger partial charge in [-0.1, -0.05) is 93.6 Å². The summed E-state index contributed by atoms with van der Waals surface area (Å²) in [5.74, 6) is -1.44. The summed E-state index contributed by atoms with van der Waals surface area (Å²) in [4.78, 5) is 12.4. The van der Waals surface area contributed by atoms with Crippen LogP contribution in [0.25, 0.3) is 0 Å². The van der Waals surface area contributed by atoms with Crippen LogP contribution < -0.4 is 10.6 Å². The van der Waals surface area contributed by atoms with Gasteiger partial charge in [0.05, 0.1) is 0 Å². The van der Waals surface area contributed by atoms with Crippen LogP contribution in [0.15, 0.2) is 108 Å². The van der Waals surface area contributed by atoms with E-state index in [-0.39, 0.29) is 5.91 Å². The quantitative estimate of drug-likeness (QED) is 0.368. The molecule has 2 bridgehead atoms. The van der Waals surface area contributed by atoms with Gasteiger partial charge in [0.2, 0.25) is 0 Å². The van der Waals surface area contributed by atoms with Gasteiger partial charge in [-0.25, -0.2) is 8.78 Å². The zero-order valence-electron chi connectivity index (χ0n) is 22.4. The van der Waals surface area contributed by atoms with Crippen LogP contribution in [-0.2, 0) is 17.8 Å². The fraction of sp³-hybridized carbons (Fsp3) is 0.281. The van der Waals surface area contributed by atoms with E-state index >= 15 is 0 Å². The number of nitrogens with one attached hydrogen (secondary N) is 2.